The number of carbonyl (C=O) groups excluding carboxylic acids is 1. The van der Waals surface area contributed by atoms with Gasteiger partial charge in [-0.2, -0.15) is 13.2 Å². The first-order valence-corrected chi connectivity index (χ1v) is 7.92. The first-order chi connectivity index (χ1) is 10.9. The maximum absolute atomic E-state index is 12.9. The van der Waals surface area contributed by atoms with Gasteiger partial charge in [0.1, 0.15) is 6.33 Å². The van der Waals surface area contributed by atoms with E-state index in [-0.39, 0.29) is 11.4 Å². The van der Waals surface area contributed by atoms with Gasteiger partial charge in [0.25, 0.3) is 0 Å². The predicted octanol–water partition coefficient (Wildman–Crippen LogP) is 3.36. The molecular formula is C14H13F3N4OS. The van der Waals surface area contributed by atoms with Crippen molar-refractivity contribution in [3.63, 3.8) is 0 Å². The molecule has 1 aromatic carbocycles. The Bertz CT molecular complexity index is 712. The van der Waals surface area contributed by atoms with Crippen LogP contribution in [-0.2, 0) is 11.0 Å². The number of carbonyl (C=O) groups is 1. The van der Waals surface area contributed by atoms with Crippen LogP contribution in [0.1, 0.15) is 24.4 Å². The van der Waals surface area contributed by atoms with Gasteiger partial charge in [-0.05, 0) is 25.0 Å². The summed E-state index contributed by atoms with van der Waals surface area (Å²) in [5, 5.41) is 10.6. The quantitative estimate of drug-likeness (QED) is 0.847. The lowest BCUT2D eigenvalue weighted by Crippen LogP contribution is -2.18. The van der Waals surface area contributed by atoms with Crippen LogP contribution >= 0.6 is 11.8 Å². The van der Waals surface area contributed by atoms with Crippen molar-refractivity contribution in [1.82, 2.24) is 14.8 Å². The highest BCUT2D eigenvalue weighted by atomic mass is 32.2. The van der Waals surface area contributed by atoms with Crippen molar-refractivity contribution in [1.29, 1.82) is 0 Å². The number of aromatic nitrogens is 3. The number of anilines is 1. The first kappa shape index (κ1) is 15.9. The molecule has 1 aromatic heterocycles. The van der Waals surface area contributed by atoms with Crippen molar-refractivity contribution in [2.24, 2.45) is 0 Å². The van der Waals surface area contributed by atoms with Gasteiger partial charge >= 0.3 is 6.18 Å². The summed E-state index contributed by atoms with van der Waals surface area (Å²) in [6, 6.07) is 5.28. The van der Waals surface area contributed by atoms with Crippen LogP contribution in [0.4, 0.5) is 18.9 Å². The van der Waals surface area contributed by atoms with Gasteiger partial charge in [0.05, 0.1) is 17.0 Å². The Kier molecular flexibility index (Phi) is 4.29. The van der Waals surface area contributed by atoms with Crippen molar-refractivity contribution >= 4 is 23.4 Å². The van der Waals surface area contributed by atoms with E-state index in [1.54, 1.807) is 6.33 Å². The molecule has 0 unspecified atom stereocenters. The summed E-state index contributed by atoms with van der Waals surface area (Å²) >= 11 is 1.16. The minimum atomic E-state index is -4.51. The van der Waals surface area contributed by atoms with Gasteiger partial charge in [0, 0.05) is 6.04 Å². The highest BCUT2D eigenvalue weighted by molar-refractivity contribution is 7.99. The molecule has 5 nitrogen and oxygen atoms in total. The molecule has 3 rings (SSSR count). The number of nitrogens with one attached hydrogen (secondary N) is 1. The van der Waals surface area contributed by atoms with Gasteiger partial charge in [0.2, 0.25) is 5.91 Å². The highest BCUT2D eigenvalue weighted by Gasteiger charge is 2.33. The molecule has 9 heteroatoms. The molecule has 1 fully saturated rings. The fraction of sp³-hybridized carbons (Fsp3) is 0.357. The average Bonchev–Trinajstić information content (AvgIpc) is 3.23. The SMILES string of the molecule is O=C(CSc1nncn1C1CC1)Nc1ccccc1C(F)(F)F. The van der Waals surface area contributed by atoms with Crippen LogP contribution in [0.25, 0.3) is 0 Å². The van der Waals surface area contributed by atoms with E-state index in [2.05, 4.69) is 15.5 Å². The van der Waals surface area contributed by atoms with Crippen LogP contribution in [0, 0.1) is 0 Å². The minimum absolute atomic E-state index is 0.0302. The third-order valence-electron chi connectivity index (χ3n) is 3.32. The topological polar surface area (TPSA) is 59.8 Å². The third-order valence-corrected chi connectivity index (χ3v) is 4.28. The largest absolute Gasteiger partial charge is 0.418 e. The van der Waals surface area contributed by atoms with Crippen molar-refractivity contribution in [3.8, 4) is 0 Å². The lowest BCUT2D eigenvalue weighted by Gasteiger charge is -2.13. The molecule has 1 aliphatic rings. The molecule has 0 bridgehead atoms. The second-order valence-corrected chi connectivity index (χ2v) is 6.07. The second kappa shape index (κ2) is 6.23. The molecule has 1 saturated carbocycles. The van der Waals surface area contributed by atoms with Gasteiger partial charge in [0.15, 0.2) is 5.16 Å². The summed E-state index contributed by atoms with van der Waals surface area (Å²) in [5.41, 5.74) is -1.10. The Morgan fingerprint density at radius 1 is 1.35 bits per heavy atom. The number of amides is 1. The molecule has 0 atom stereocenters. The van der Waals surface area contributed by atoms with Gasteiger partial charge < -0.3 is 9.88 Å². The molecule has 23 heavy (non-hydrogen) atoms. The second-order valence-electron chi connectivity index (χ2n) is 5.13. The van der Waals surface area contributed by atoms with E-state index in [0.717, 1.165) is 30.7 Å². The third kappa shape index (κ3) is 3.84. The van der Waals surface area contributed by atoms with E-state index in [0.29, 0.717) is 11.2 Å². The van der Waals surface area contributed by atoms with Gasteiger partial charge in [-0.1, -0.05) is 23.9 Å². The van der Waals surface area contributed by atoms with Crippen LogP contribution in [0.5, 0.6) is 0 Å². The fourth-order valence-electron chi connectivity index (χ4n) is 2.09. The van der Waals surface area contributed by atoms with Crippen molar-refractivity contribution < 1.29 is 18.0 Å². The number of alkyl halides is 3. The number of halogens is 3. The van der Waals surface area contributed by atoms with Crippen molar-refractivity contribution in [2.45, 2.75) is 30.2 Å². The summed E-state index contributed by atoms with van der Waals surface area (Å²) in [7, 11) is 0. The van der Waals surface area contributed by atoms with Gasteiger partial charge in [-0.15, -0.1) is 10.2 Å². The van der Waals surface area contributed by atoms with E-state index in [4.69, 9.17) is 0 Å². The Morgan fingerprint density at radius 3 is 2.78 bits per heavy atom. The molecular weight excluding hydrogens is 329 g/mol. The van der Waals surface area contributed by atoms with E-state index in [9.17, 15) is 18.0 Å². The zero-order valence-corrected chi connectivity index (χ0v) is 12.7. The summed E-state index contributed by atoms with van der Waals surface area (Å²) in [6.07, 6.45) is -0.798. The number of thioether (sulfide) groups is 1. The maximum atomic E-state index is 12.9. The predicted molar refractivity (Wildman–Crippen MR) is 79.1 cm³/mol. The zero-order chi connectivity index (χ0) is 16.4. The number of nitrogens with zero attached hydrogens (tertiary/aromatic N) is 3. The van der Waals surface area contributed by atoms with Crippen LogP contribution < -0.4 is 5.32 Å². The lowest BCUT2D eigenvalue weighted by atomic mass is 10.1. The van der Waals surface area contributed by atoms with Crippen molar-refractivity contribution in [2.75, 3.05) is 11.1 Å². The van der Waals surface area contributed by atoms with E-state index in [1.165, 1.54) is 18.2 Å². The number of hydrogen-bond acceptors (Lipinski definition) is 4. The van der Waals surface area contributed by atoms with E-state index < -0.39 is 17.6 Å². The van der Waals surface area contributed by atoms with Gasteiger partial charge in [-0.25, -0.2) is 0 Å². The highest BCUT2D eigenvalue weighted by Crippen LogP contribution is 2.37. The molecule has 2 aromatic rings. The van der Waals surface area contributed by atoms with Crippen LogP contribution in [-0.4, -0.2) is 26.4 Å². The Hall–Kier alpha value is -2.03. The number of para-hydroxylation sites is 1. The van der Waals surface area contributed by atoms with E-state index >= 15 is 0 Å². The first-order valence-electron chi connectivity index (χ1n) is 6.93. The van der Waals surface area contributed by atoms with Gasteiger partial charge in [-0.3, -0.25) is 4.79 Å². The molecule has 0 saturated heterocycles. The minimum Gasteiger partial charge on any atom is -0.325 e. The Balaban J connectivity index is 1.63. The standard InChI is InChI=1S/C14H13F3N4OS/c15-14(16,17)10-3-1-2-4-11(10)19-12(22)7-23-13-20-18-8-21(13)9-5-6-9/h1-4,8-9H,5-7H2,(H,19,22). The molecule has 1 heterocycles. The molecule has 1 N–H and O–H groups in total. The molecule has 0 aliphatic heterocycles. The van der Waals surface area contributed by atoms with Crippen LogP contribution in [0.2, 0.25) is 0 Å². The Morgan fingerprint density at radius 2 is 2.09 bits per heavy atom. The zero-order valence-electron chi connectivity index (χ0n) is 11.9. The number of rotatable bonds is 5. The summed E-state index contributed by atoms with van der Waals surface area (Å²) < 4.78 is 40.5. The number of hydrogen-bond donors (Lipinski definition) is 1. The smallest absolute Gasteiger partial charge is 0.325 e. The monoisotopic (exact) mass is 342 g/mol. The summed E-state index contributed by atoms with van der Waals surface area (Å²) in [6.45, 7) is 0. The summed E-state index contributed by atoms with van der Waals surface area (Å²) in [5.74, 6) is -0.547. The summed E-state index contributed by atoms with van der Waals surface area (Å²) in [4.78, 5) is 11.9. The van der Waals surface area contributed by atoms with E-state index in [1.807, 2.05) is 4.57 Å². The van der Waals surface area contributed by atoms with Crippen molar-refractivity contribution in [3.05, 3.63) is 36.2 Å². The molecule has 0 spiro atoms. The van der Waals surface area contributed by atoms with Crippen LogP contribution in [0.15, 0.2) is 35.7 Å². The molecule has 0 radical (unpaired) electrons. The Labute approximate surface area is 134 Å². The van der Waals surface area contributed by atoms with Crippen LogP contribution in [0.3, 0.4) is 0 Å². The molecule has 1 amide bonds. The molecule has 1 aliphatic carbocycles. The normalized spacial score (nSPS) is 14.7. The maximum Gasteiger partial charge on any atom is 0.418 e. The average molecular weight is 342 g/mol. The molecule has 122 valence electrons. The lowest BCUT2D eigenvalue weighted by molar-refractivity contribution is -0.137. The number of benzene rings is 1. The fourth-order valence-corrected chi connectivity index (χ4v) is 2.88.